The first-order valence-corrected chi connectivity index (χ1v) is 7.01. The molecule has 1 aromatic carbocycles. The second-order valence-corrected chi connectivity index (χ2v) is 5.35. The number of phenolic OH excluding ortho intramolecular Hbond substituents is 2. The third kappa shape index (κ3) is 3.22. The van der Waals surface area contributed by atoms with Gasteiger partial charge in [-0.3, -0.25) is 4.21 Å². The van der Waals surface area contributed by atoms with Crippen LogP contribution in [0, 0.1) is 0 Å². The Kier molecular flexibility index (Phi) is 4.21. The van der Waals surface area contributed by atoms with Gasteiger partial charge in [-0.05, 0) is 43.2 Å². The fourth-order valence-corrected chi connectivity index (χ4v) is 3.04. The molecule has 0 bridgehead atoms. The van der Waals surface area contributed by atoms with Gasteiger partial charge in [-0.25, -0.2) is 4.72 Å². The third-order valence-corrected chi connectivity index (χ3v) is 3.97. The first kappa shape index (κ1) is 13.3. The number of phenols is 2. The molecule has 100 valence electrons. The van der Waals surface area contributed by atoms with E-state index in [1.54, 1.807) is 12.1 Å². The van der Waals surface area contributed by atoms with Crippen LogP contribution in [0.2, 0.25) is 0 Å². The van der Waals surface area contributed by atoms with Crippen molar-refractivity contribution in [3.8, 4) is 11.5 Å². The Labute approximate surface area is 108 Å². The maximum atomic E-state index is 10.5. The molecule has 0 radical (unpaired) electrons. The molecule has 18 heavy (non-hydrogen) atoms. The van der Waals surface area contributed by atoms with Gasteiger partial charge >= 0.3 is 0 Å². The average Bonchev–Trinajstić information content (AvgIpc) is 2.30. The Bertz CT molecular complexity index is 444. The molecule has 0 heterocycles. The van der Waals surface area contributed by atoms with Gasteiger partial charge in [-0.2, -0.15) is 0 Å². The molecule has 0 spiro atoms. The zero-order chi connectivity index (χ0) is 13.1. The Morgan fingerprint density at radius 2 is 1.89 bits per heavy atom. The van der Waals surface area contributed by atoms with Crippen LogP contribution in [0.4, 0.5) is 0 Å². The van der Waals surface area contributed by atoms with Gasteiger partial charge < -0.3 is 14.8 Å². The van der Waals surface area contributed by atoms with E-state index in [1.165, 1.54) is 6.07 Å². The van der Waals surface area contributed by atoms with Gasteiger partial charge in [0.15, 0.2) is 0 Å². The van der Waals surface area contributed by atoms with Gasteiger partial charge in [0, 0.05) is 23.4 Å². The van der Waals surface area contributed by atoms with Crippen molar-refractivity contribution in [3.05, 3.63) is 23.8 Å². The smallest absolute Gasteiger partial charge is 0.122 e. The van der Waals surface area contributed by atoms with Crippen molar-refractivity contribution in [2.45, 2.75) is 37.6 Å². The second-order valence-electron chi connectivity index (χ2n) is 4.64. The first-order chi connectivity index (χ1) is 8.56. The molecular weight excluding hydrogens is 254 g/mol. The van der Waals surface area contributed by atoms with Gasteiger partial charge in [-0.1, -0.05) is 6.07 Å². The molecule has 1 aliphatic rings. The van der Waals surface area contributed by atoms with Crippen LogP contribution in [-0.4, -0.2) is 25.0 Å². The van der Waals surface area contributed by atoms with E-state index in [0.717, 1.165) is 31.2 Å². The number of benzene rings is 1. The molecule has 1 saturated carbocycles. The van der Waals surface area contributed by atoms with Crippen molar-refractivity contribution >= 4 is 11.3 Å². The summed E-state index contributed by atoms with van der Waals surface area (Å²) in [7, 11) is 0. The lowest BCUT2D eigenvalue weighted by Crippen LogP contribution is -2.33. The summed E-state index contributed by atoms with van der Waals surface area (Å²) in [6, 6.07) is 4.63. The molecule has 0 saturated heterocycles. The highest BCUT2D eigenvalue weighted by Crippen LogP contribution is 2.38. The van der Waals surface area contributed by atoms with E-state index in [2.05, 4.69) is 4.72 Å². The lowest BCUT2D eigenvalue weighted by Gasteiger charge is -2.30. The van der Waals surface area contributed by atoms with E-state index in [4.69, 9.17) is 0 Å². The molecule has 1 fully saturated rings. The summed E-state index contributed by atoms with van der Waals surface area (Å²) >= 11 is -2.21. The van der Waals surface area contributed by atoms with Crippen LogP contribution in [0.3, 0.4) is 0 Å². The van der Waals surface area contributed by atoms with E-state index < -0.39 is 11.3 Å². The molecular formula is C12H16NO4S-. The molecule has 1 atom stereocenters. The standard InChI is InChI=1S/C12H17NO4S/c14-10-5-6-11(12(15)7-10)8-1-3-9(4-2-8)13-18(16)17/h5-9,13-15H,1-4H2,(H,16,17)/p-1. The van der Waals surface area contributed by atoms with Crippen LogP contribution in [0.1, 0.15) is 37.2 Å². The Hall–Kier alpha value is -1.11. The lowest BCUT2D eigenvalue weighted by molar-refractivity contribution is 0.359. The van der Waals surface area contributed by atoms with Crippen molar-refractivity contribution in [1.82, 2.24) is 4.72 Å². The SMILES string of the molecule is O=S([O-])NC1CCC(c2ccc(O)cc2O)CC1. The summed E-state index contributed by atoms with van der Waals surface area (Å²) in [5.41, 5.74) is 0.828. The highest BCUT2D eigenvalue weighted by atomic mass is 32.2. The second kappa shape index (κ2) is 5.69. The van der Waals surface area contributed by atoms with Crippen molar-refractivity contribution < 1.29 is 19.0 Å². The fraction of sp³-hybridized carbons (Fsp3) is 0.500. The summed E-state index contributed by atoms with van der Waals surface area (Å²) in [6.45, 7) is 0. The molecule has 1 aliphatic carbocycles. The first-order valence-electron chi connectivity index (χ1n) is 5.93. The van der Waals surface area contributed by atoms with Crippen molar-refractivity contribution in [2.24, 2.45) is 0 Å². The molecule has 5 nitrogen and oxygen atoms in total. The van der Waals surface area contributed by atoms with Crippen LogP contribution in [0.25, 0.3) is 0 Å². The Morgan fingerprint density at radius 3 is 2.44 bits per heavy atom. The molecule has 2 rings (SSSR count). The van der Waals surface area contributed by atoms with Crippen LogP contribution >= 0.6 is 0 Å². The van der Waals surface area contributed by atoms with E-state index in [0.29, 0.717) is 0 Å². The molecule has 0 aromatic heterocycles. The van der Waals surface area contributed by atoms with Crippen LogP contribution in [0.15, 0.2) is 18.2 Å². The quantitative estimate of drug-likeness (QED) is 0.726. The molecule has 0 amide bonds. The van der Waals surface area contributed by atoms with Crippen LogP contribution in [-0.2, 0) is 11.3 Å². The number of rotatable bonds is 3. The van der Waals surface area contributed by atoms with Crippen molar-refractivity contribution in [1.29, 1.82) is 0 Å². The minimum absolute atomic E-state index is 0.00107. The maximum Gasteiger partial charge on any atom is 0.122 e. The zero-order valence-corrected chi connectivity index (χ0v) is 10.7. The third-order valence-electron chi connectivity index (χ3n) is 3.44. The van der Waals surface area contributed by atoms with Gasteiger partial charge in [-0.15, -0.1) is 0 Å². The van der Waals surface area contributed by atoms with E-state index in [9.17, 15) is 19.0 Å². The summed E-state index contributed by atoms with van der Waals surface area (Å²) in [5.74, 6) is 0.385. The zero-order valence-electron chi connectivity index (χ0n) is 9.83. The van der Waals surface area contributed by atoms with Gasteiger partial charge in [0.25, 0.3) is 0 Å². The van der Waals surface area contributed by atoms with Crippen LogP contribution in [0.5, 0.6) is 11.5 Å². The number of hydrogen-bond donors (Lipinski definition) is 3. The summed E-state index contributed by atoms with van der Waals surface area (Å²) < 4.78 is 23.6. The lowest BCUT2D eigenvalue weighted by atomic mass is 9.81. The molecule has 6 heteroatoms. The molecule has 3 N–H and O–H groups in total. The van der Waals surface area contributed by atoms with Gasteiger partial charge in [0.2, 0.25) is 0 Å². The average molecular weight is 270 g/mol. The predicted octanol–water partition coefficient (Wildman–Crippen LogP) is 1.51. The fourth-order valence-electron chi connectivity index (χ4n) is 2.54. The number of nitrogens with one attached hydrogen (secondary N) is 1. The van der Waals surface area contributed by atoms with Crippen molar-refractivity contribution in [2.75, 3.05) is 0 Å². The highest BCUT2D eigenvalue weighted by Gasteiger charge is 2.24. The minimum Gasteiger partial charge on any atom is -0.760 e. The maximum absolute atomic E-state index is 10.5. The van der Waals surface area contributed by atoms with E-state index in [1.807, 2.05) is 0 Å². The molecule has 0 aliphatic heterocycles. The Morgan fingerprint density at radius 1 is 1.22 bits per heavy atom. The molecule has 1 aromatic rings. The minimum atomic E-state index is -2.21. The Balaban J connectivity index is 1.99. The normalized spacial score (nSPS) is 25.8. The van der Waals surface area contributed by atoms with Gasteiger partial charge in [0.05, 0.1) is 0 Å². The predicted molar refractivity (Wildman–Crippen MR) is 66.8 cm³/mol. The summed E-state index contributed by atoms with van der Waals surface area (Å²) in [5, 5.41) is 19.0. The number of aromatic hydroxyl groups is 2. The largest absolute Gasteiger partial charge is 0.760 e. The highest BCUT2D eigenvalue weighted by molar-refractivity contribution is 7.77. The number of hydrogen-bond acceptors (Lipinski definition) is 4. The van der Waals surface area contributed by atoms with Crippen LogP contribution < -0.4 is 4.72 Å². The van der Waals surface area contributed by atoms with Gasteiger partial charge in [0.1, 0.15) is 11.5 Å². The molecule has 1 unspecified atom stereocenters. The topological polar surface area (TPSA) is 92.6 Å². The van der Waals surface area contributed by atoms with Crippen molar-refractivity contribution in [3.63, 3.8) is 0 Å². The van der Waals surface area contributed by atoms with E-state index in [-0.39, 0.29) is 23.5 Å². The van der Waals surface area contributed by atoms with E-state index >= 15 is 0 Å². The summed E-state index contributed by atoms with van der Waals surface area (Å²) in [6.07, 6.45) is 3.18. The monoisotopic (exact) mass is 270 g/mol. The summed E-state index contributed by atoms with van der Waals surface area (Å²) in [4.78, 5) is 0.